The third-order valence-corrected chi connectivity index (χ3v) is 2.56. The molecule has 0 fully saturated rings. The molecule has 1 N–H and O–H groups in total. The Bertz CT molecular complexity index is 424. The number of hydrogen-bond donors (Lipinski definition) is 1. The van der Waals surface area contributed by atoms with Crippen LogP contribution in [-0.2, 0) is 4.74 Å². The van der Waals surface area contributed by atoms with Gasteiger partial charge >= 0.3 is 0 Å². The van der Waals surface area contributed by atoms with Gasteiger partial charge in [-0.3, -0.25) is 0 Å². The van der Waals surface area contributed by atoms with Crippen molar-refractivity contribution in [2.45, 2.75) is 33.6 Å². The number of ether oxygens (including phenoxy) is 1. The second kappa shape index (κ2) is 7.67. The molecular weight excluding hydrogens is 226 g/mol. The Hall–Kier alpha value is -1.60. The number of anilines is 1. The van der Waals surface area contributed by atoms with Crippen molar-refractivity contribution in [1.29, 1.82) is 5.26 Å². The minimum Gasteiger partial charge on any atom is -0.381 e. The molecule has 0 atom stereocenters. The zero-order valence-electron chi connectivity index (χ0n) is 11.4. The molecule has 0 aliphatic heterocycles. The van der Waals surface area contributed by atoms with Gasteiger partial charge in [0.15, 0.2) is 0 Å². The first-order valence-electron chi connectivity index (χ1n) is 6.39. The lowest BCUT2D eigenvalue weighted by Crippen LogP contribution is -2.09. The molecule has 0 aliphatic carbocycles. The van der Waals surface area contributed by atoms with E-state index < -0.39 is 0 Å². The van der Waals surface area contributed by atoms with Crippen LogP contribution < -0.4 is 5.32 Å². The molecule has 1 heterocycles. The molecule has 0 radical (unpaired) electrons. The second-order valence-corrected chi connectivity index (χ2v) is 4.31. The lowest BCUT2D eigenvalue weighted by atomic mass is 10.1. The maximum atomic E-state index is 9.11. The Balaban J connectivity index is 2.49. The Kier molecular flexibility index (Phi) is 6.16. The Morgan fingerprint density at radius 2 is 2.17 bits per heavy atom. The van der Waals surface area contributed by atoms with E-state index in [1.54, 1.807) is 0 Å². The summed E-state index contributed by atoms with van der Waals surface area (Å²) < 4.78 is 5.40. The summed E-state index contributed by atoms with van der Waals surface area (Å²) in [5, 5.41) is 12.3. The van der Waals surface area contributed by atoms with Crippen molar-refractivity contribution < 1.29 is 4.74 Å². The highest BCUT2D eigenvalue weighted by Crippen LogP contribution is 2.17. The van der Waals surface area contributed by atoms with Gasteiger partial charge in [-0.25, -0.2) is 4.98 Å². The molecule has 0 amide bonds. The van der Waals surface area contributed by atoms with Crippen LogP contribution in [0.25, 0.3) is 0 Å². The number of aromatic nitrogens is 1. The summed E-state index contributed by atoms with van der Waals surface area (Å²) in [4.78, 5) is 4.36. The van der Waals surface area contributed by atoms with Crippen LogP contribution in [0, 0.1) is 25.2 Å². The highest BCUT2D eigenvalue weighted by molar-refractivity contribution is 5.56. The van der Waals surface area contributed by atoms with Crippen molar-refractivity contribution in [3.63, 3.8) is 0 Å². The van der Waals surface area contributed by atoms with Crippen molar-refractivity contribution in [2.24, 2.45) is 0 Å². The molecular formula is C14H21N3O. The maximum absolute atomic E-state index is 9.11. The molecule has 4 nitrogen and oxygen atoms in total. The fourth-order valence-corrected chi connectivity index (χ4v) is 1.73. The first-order valence-corrected chi connectivity index (χ1v) is 6.39. The number of hydrogen-bond acceptors (Lipinski definition) is 4. The average Bonchev–Trinajstić information content (AvgIpc) is 2.33. The minimum atomic E-state index is 0.634. The van der Waals surface area contributed by atoms with Crippen LogP contribution in [0.15, 0.2) is 6.07 Å². The summed E-state index contributed by atoms with van der Waals surface area (Å²) in [5.74, 6) is 0.686. The standard InChI is InChI=1S/C14H21N3O/c1-4-7-18-8-5-6-16-14-13(10-15)11(2)9-12(3)17-14/h9H,4-8H2,1-3H3,(H,16,17). The summed E-state index contributed by atoms with van der Waals surface area (Å²) >= 11 is 0. The van der Waals surface area contributed by atoms with Crippen LogP contribution in [0.3, 0.4) is 0 Å². The number of pyridine rings is 1. The predicted molar refractivity (Wildman–Crippen MR) is 72.6 cm³/mol. The molecule has 1 rings (SSSR count). The van der Waals surface area contributed by atoms with E-state index in [-0.39, 0.29) is 0 Å². The van der Waals surface area contributed by atoms with E-state index >= 15 is 0 Å². The molecule has 98 valence electrons. The van der Waals surface area contributed by atoms with Crippen LogP contribution in [0.5, 0.6) is 0 Å². The van der Waals surface area contributed by atoms with Crippen LogP contribution in [0.2, 0.25) is 0 Å². The molecule has 18 heavy (non-hydrogen) atoms. The summed E-state index contributed by atoms with van der Waals surface area (Å²) in [5.41, 5.74) is 2.53. The highest BCUT2D eigenvalue weighted by atomic mass is 16.5. The van der Waals surface area contributed by atoms with Crippen LogP contribution in [0.1, 0.15) is 36.6 Å². The summed E-state index contributed by atoms with van der Waals surface area (Å²) in [6.45, 7) is 8.29. The van der Waals surface area contributed by atoms with Crippen molar-refractivity contribution >= 4 is 5.82 Å². The zero-order chi connectivity index (χ0) is 13.4. The van der Waals surface area contributed by atoms with Gasteiger partial charge in [-0.15, -0.1) is 0 Å². The molecule has 0 bridgehead atoms. The van der Waals surface area contributed by atoms with Crippen molar-refractivity contribution in [1.82, 2.24) is 4.98 Å². The monoisotopic (exact) mass is 247 g/mol. The summed E-state index contributed by atoms with van der Waals surface area (Å²) in [6, 6.07) is 4.12. The first kappa shape index (κ1) is 14.5. The molecule has 0 spiro atoms. The second-order valence-electron chi connectivity index (χ2n) is 4.31. The van der Waals surface area contributed by atoms with E-state index in [9.17, 15) is 0 Å². The van der Waals surface area contributed by atoms with E-state index in [0.717, 1.165) is 43.9 Å². The molecule has 0 unspecified atom stereocenters. The number of nitrogens with zero attached hydrogens (tertiary/aromatic N) is 2. The van der Waals surface area contributed by atoms with Crippen LogP contribution in [-0.4, -0.2) is 24.7 Å². The quantitative estimate of drug-likeness (QED) is 0.753. The largest absolute Gasteiger partial charge is 0.381 e. The van der Waals surface area contributed by atoms with Gasteiger partial charge in [0, 0.05) is 25.5 Å². The number of aryl methyl sites for hydroxylation is 2. The van der Waals surface area contributed by atoms with Crippen molar-refractivity contribution in [3.8, 4) is 6.07 Å². The zero-order valence-corrected chi connectivity index (χ0v) is 11.4. The van der Waals surface area contributed by atoms with Gasteiger partial charge in [-0.2, -0.15) is 5.26 Å². The fourth-order valence-electron chi connectivity index (χ4n) is 1.73. The summed E-state index contributed by atoms with van der Waals surface area (Å²) in [6.07, 6.45) is 1.96. The Morgan fingerprint density at radius 1 is 1.39 bits per heavy atom. The van der Waals surface area contributed by atoms with Gasteiger partial charge in [0.25, 0.3) is 0 Å². The SMILES string of the molecule is CCCOCCCNc1nc(C)cc(C)c1C#N. The van der Waals surface area contributed by atoms with Gasteiger partial charge < -0.3 is 10.1 Å². The fraction of sp³-hybridized carbons (Fsp3) is 0.571. The molecule has 1 aromatic rings. The molecule has 0 saturated carbocycles. The van der Waals surface area contributed by atoms with E-state index in [1.807, 2.05) is 19.9 Å². The van der Waals surface area contributed by atoms with Gasteiger partial charge in [0.2, 0.25) is 0 Å². The van der Waals surface area contributed by atoms with Gasteiger partial charge in [-0.1, -0.05) is 6.92 Å². The highest BCUT2D eigenvalue weighted by Gasteiger charge is 2.07. The molecule has 0 aliphatic rings. The van der Waals surface area contributed by atoms with E-state index in [0.29, 0.717) is 11.4 Å². The first-order chi connectivity index (χ1) is 8.69. The lowest BCUT2D eigenvalue weighted by molar-refractivity contribution is 0.134. The van der Waals surface area contributed by atoms with Crippen molar-refractivity contribution in [2.75, 3.05) is 25.1 Å². The van der Waals surface area contributed by atoms with Crippen LogP contribution >= 0.6 is 0 Å². The lowest BCUT2D eigenvalue weighted by Gasteiger charge is -2.10. The normalized spacial score (nSPS) is 10.1. The third kappa shape index (κ3) is 4.34. The molecule has 1 aromatic heterocycles. The number of nitriles is 1. The van der Waals surface area contributed by atoms with Gasteiger partial charge in [0.1, 0.15) is 11.9 Å². The van der Waals surface area contributed by atoms with E-state index in [1.165, 1.54) is 0 Å². The average molecular weight is 247 g/mol. The maximum Gasteiger partial charge on any atom is 0.144 e. The number of rotatable bonds is 7. The topological polar surface area (TPSA) is 57.9 Å². The smallest absolute Gasteiger partial charge is 0.144 e. The third-order valence-electron chi connectivity index (χ3n) is 2.56. The minimum absolute atomic E-state index is 0.634. The Labute approximate surface area is 109 Å². The molecule has 0 saturated heterocycles. The molecule has 0 aromatic carbocycles. The van der Waals surface area contributed by atoms with Crippen molar-refractivity contribution in [3.05, 3.63) is 22.9 Å². The van der Waals surface area contributed by atoms with Gasteiger partial charge in [0.05, 0.1) is 5.56 Å². The van der Waals surface area contributed by atoms with E-state index in [2.05, 4.69) is 23.3 Å². The summed E-state index contributed by atoms with van der Waals surface area (Å²) in [7, 11) is 0. The predicted octanol–water partition coefficient (Wildman–Crippen LogP) is 2.80. The Morgan fingerprint density at radius 3 is 2.83 bits per heavy atom. The number of nitrogens with one attached hydrogen (secondary N) is 1. The molecule has 4 heteroatoms. The van der Waals surface area contributed by atoms with Crippen LogP contribution in [0.4, 0.5) is 5.82 Å². The van der Waals surface area contributed by atoms with Gasteiger partial charge in [-0.05, 0) is 38.3 Å². The van der Waals surface area contributed by atoms with E-state index in [4.69, 9.17) is 10.00 Å².